The number of aromatic nitrogens is 2. The summed E-state index contributed by atoms with van der Waals surface area (Å²) in [7, 11) is 0. The van der Waals surface area contributed by atoms with Gasteiger partial charge in [-0.1, -0.05) is 13.8 Å². The highest BCUT2D eigenvalue weighted by Crippen LogP contribution is 2.07. The molecule has 0 saturated heterocycles. The van der Waals surface area contributed by atoms with E-state index in [9.17, 15) is 20.0 Å². The number of nitro groups is 1. The number of carbonyl (C=O) groups excluding carboxylic acids is 1. The van der Waals surface area contributed by atoms with Crippen molar-refractivity contribution in [1.29, 1.82) is 0 Å². The van der Waals surface area contributed by atoms with Crippen molar-refractivity contribution in [2.24, 2.45) is 0 Å². The number of rotatable bonds is 10. The summed E-state index contributed by atoms with van der Waals surface area (Å²) in [6.45, 7) is 6.47. The van der Waals surface area contributed by atoms with E-state index in [1.54, 1.807) is 0 Å². The first-order valence-electron chi connectivity index (χ1n) is 7.29. The summed E-state index contributed by atoms with van der Waals surface area (Å²) >= 11 is 0. The predicted octanol–water partition coefficient (Wildman–Crippen LogP) is 0.000300. The third-order valence-electron chi connectivity index (χ3n) is 3.41. The van der Waals surface area contributed by atoms with Crippen LogP contribution in [0.3, 0.4) is 0 Å². The molecule has 2 N–H and O–H groups in total. The van der Waals surface area contributed by atoms with Gasteiger partial charge in [0.05, 0.1) is 17.6 Å². The van der Waals surface area contributed by atoms with Gasteiger partial charge in [0.15, 0.2) is 0 Å². The van der Waals surface area contributed by atoms with Crippen LogP contribution in [-0.2, 0) is 11.3 Å². The van der Waals surface area contributed by atoms with E-state index in [0.29, 0.717) is 6.42 Å². The molecule has 1 aromatic rings. The Balaban J connectivity index is 2.45. The molecule has 9 heteroatoms. The van der Waals surface area contributed by atoms with E-state index in [2.05, 4.69) is 29.2 Å². The summed E-state index contributed by atoms with van der Waals surface area (Å²) in [6, 6.07) is -0.335. The molecule has 1 atom stereocenters. The van der Waals surface area contributed by atoms with Gasteiger partial charge in [-0.25, -0.2) is 0 Å². The molecule has 1 amide bonds. The molecule has 1 heterocycles. The fraction of sp³-hybridized carbons (Fsp3) is 0.692. The number of amides is 1. The molecule has 124 valence electrons. The number of hydrogen-bond acceptors (Lipinski definition) is 6. The molecule has 0 aliphatic carbocycles. The van der Waals surface area contributed by atoms with Crippen molar-refractivity contribution in [3.8, 4) is 0 Å². The lowest BCUT2D eigenvalue weighted by Gasteiger charge is -2.22. The molecular formula is C13H23N5O4. The first-order valence-corrected chi connectivity index (χ1v) is 7.29. The molecule has 0 aliphatic rings. The molecule has 0 fully saturated rings. The van der Waals surface area contributed by atoms with Crippen LogP contribution in [0.15, 0.2) is 12.4 Å². The first-order chi connectivity index (χ1) is 10.5. The SMILES string of the molecule is CCN(CC)CCC(CO)NC(=O)Cn1cc([N+](=O)[O-])cn1. The smallest absolute Gasteiger partial charge is 0.307 e. The molecule has 0 saturated carbocycles. The summed E-state index contributed by atoms with van der Waals surface area (Å²) in [6.07, 6.45) is 2.93. The molecule has 0 bridgehead atoms. The standard InChI is InChI=1S/C13H23N5O4/c1-3-16(4-2)6-5-11(10-19)15-13(20)9-17-8-12(7-14-17)18(21)22/h7-8,11,19H,3-6,9-10H2,1-2H3,(H,15,20). The Labute approximate surface area is 129 Å². The Kier molecular flexibility index (Phi) is 7.47. The number of nitrogens with zero attached hydrogens (tertiary/aromatic N) is 4. The maximum Gasteiger partial charge on any atom is 0.307 e. The van der Waals surface area contributed by atoms with Gasteiger partial charge in [0.1, 0.15) is 18.9 Å². The van der Waals surface area contributed by atoms with Crippen LogP contribution in [-0.4, -0.2) is 62.9 Å². The van der Waals surface area contributed by atoms with Crippen molar-refractivity contribution in [2.45, 2.75) is 32.9 Å². The minimum Gasteiger partial charge on any atom is -0.394 e. The lowest BCUT2D eigenvalue weighted by molar-refractivity contribution is -0.385. The zero-order chi connectivity index (χ0) is 16.5. The third kappa shape index (κ3) is 5.78. The van der Waals surface area contributed by atoms with Crippen molar-refractivity contribution in [1.82, 2.24) is 20.0 Å². The van der Waals surface area contributed by atoms with Crippen molar-refractivity contribution in [2.75, 3.05) is 26.2 Å². The molecule has 1 aromatic heterocycles. The lowest BCUT2D eigenvalue weighted by atomic mass is 10.2. The van der Waals surface area contributed by atoms with E-state index < -0.39 is 4.92 Å². The summed E-state index contributed by atoms with van der Waals surface area (Å²) in [5, 5.41) is 26.3. The fourth-order valence-electron chi connectivity index (χ4n) is 2.04. The second-order valence-electron chi connectivity index (χ2n) is 4.92. The van der Waals surface area contributed by atoms with Gasteiger partial charge in [-0.15, -0.1) is 0 Å². The molecule has 1 rings (SSSR count). The lowest BCUT2D eigenvalue weighted by Crippen LogP contribution is -2.41. The van der Waals surface area contributed by atoms with Gasteiger partial charge >= 0.3 is 5.69 Å². The fourth-order valence-corrected chi connectivity index (χ4v) is 2.04. The normalized spacial score (nSPS) is 12.4. The molecule has 0 aromatic carbocycles. The largest absolute Gasteiger partial charge is 0.394 e. The summed E-state index contributed by atoms with van der Waals surface area (Å²) < 4.78 is 1.20. The first kappa shape index (κ1) is 18.1. The number of aliphatic hydroxyl groups excluding tert-OH is 1. The topological polar surface area (TPSA) is 114 Å². The quantitative estimate of drug-likeness (QED) is 0.464. The second kappa shape index (κ2) is 9.11. The van der Waals surface area contributed by atoms with Crippen LogP contribution < -0.4 is 5.32 Å². The average molecular weight is 313 g/mol. The molecule has 0 aliphatic heterocycles. The van der Waals surface area contributed by atoms with Gasteiger partial charge in [0.2, 0.25) is 5.91 Å². The summed E-state index contributed by atoms with van der Waals surface area (Å²) in [5.74, 6) is -0.336. The van der Waals surface area contributed by atoms with Gasteiger partial charge in [0, 0.05) is 6.54 Å². The van der Waals surface area contributed by atoms with E-state index >= 15 is 0 Å². The summed E-state index contributed by atoms with van der Waals surface area (Å²) in [4.78, 5) is 24.1. The van der Waals surface area contributed by atoms with E-state index in [-0.39, 0.29) is 30.8 Å². The van der Waals surface area contributed by atoms with Crippen molar-refractivity contribution in [3.05, 3.63) is 22.5 Å². The monoisotopic (exact) mass is 313 g/mol. The second-order valence-corrected chi connectivity index (χ2v) is 4.92. The Morgan fingerprint density at radius 2 is 2.23 bits per heavy atom. The van der Waals surface area contributed by atoms with Gasteiger partial charge < -0.3 is 15.3 Å². The van der Waals surface area contributed by atoms with Crippen molar-refractivity contribution in [3.63, 3.8) is 0 Å². The van der Waals surface area contributed by atoms with Crippen LogP contribution in [0.25, 0.3) is 0 Å². The van der Waals surface area contributed by atoms with E-state index in [4.69, 9.17) is 0 Å². The van der Waals surface area contributed by atoms with Gasteiger partial charge in [-0.3, -0.25) is 19.6 Å². The van der Waals surface area contributed by atoms with Crippen LogP contribution in [0, 0.1) is 10.1 Å². The van der Waals surface area contributed by atoms with Gasteiger partial charge in [0.25, 0.3) is 0 Å². The van der Waals surface area contributed by atoms with Crippen molar-refractivity contribution >= 4 is 11.6 Å². The minimum absolute atomic E-state index is 0.115. The van der Waals surface area contributed by atoms with Crippen LogP contribution >= 0.6 is 0 Å². The minimum atomic E-state index is -0.567. The molecule has 1 unspecified atom stereocenters. The van der Waals surface area contributed by atoms with Crippen LogP contribution in [0.2, 0.25) is 0 Å². The van der Waals surface area contributed by atoms with Crippen molar-refractivity contribution < 1.29 is 14.8 Å². The number of hydrogen-bond donors (Lipinski definition) is 2. The summed E-state index contributed by atoms with van der Waals surface area (Å²) in [5.41, 5.74) is -0.159. The maximum atomic E-state index is 11.9. The number of aliphatic hydroxyl groups is 1. The predicted molar refractivity (Wildman–Crippen MR) is 80.3 cm³/mol. The van der Waals surface area contributed by atoms with E-state index in [0.717, 1.165) is 25.8 Å². The number of carbonyl (C=O) groups is 1. The van der Waals surface area contributed by atoms with Gasteiger partial charge in [-0.2, -0.15) is 5.10 Å². The molecule has 9 nitrogen and oxygen atoms in total. The van der Waals surface area contributed by atoms with E-state index in [1.807, 2.05) is 0 Å². The van der Waals surface area contributed by atoms with Crippen LogP contribution in [0.1, 0.15) is 20.3 Å². The molecular weight excluding hydrogens is 290 g/mol. The zero-order valence-electron chi connectivity index (χ0n) is 12.9. The highest BCUT2D eigenvalue weighted by molar-refractivity contribution is 5.76. The Morgan fingerprint density at radius 1 is 1.55 bits per heavy atom. The Morgan fingerprint density at radius 3 is 2.73 bits per heavy atom. The third-order valence-corrected chi connectivity index (χ3v) is 3.41. The highest BCUT2D eigenvalue weighted by Gasteiger charge is 2.15. The highest BCUT2D eigenvalue weighted by atomic mass is 16.6. The van der Waals surface area contributed by atoms with Crippen LogP contribution in [0.5, 0.6) is 0 Å². The molecule has 22 heavy (non-hydrogen) atoms. The number of nitrogens with one attached hydrogen (secondary N) is 1. The maximum absolute atomic E-state index is 11.9. The van der Waals surface area contributed by atoms with Crippen LogP contribution in [0.4, 0.5) is 5.69 Å². The molecule has 0 spiro atoms. The Hall–Kier alpha value is -2.00. The average Bonchev–Trinajstić information content (AvgIpc) is 2.95. The van der Waals surface area contributed by atoms with E-state index in [1.165, 1.54) is 10.9 Å². The Bertz CT molecular complexity index is 487. The zero-order valence-corrected chi connectivity index (χ0v) is 12.9. The van der Waals surface area contributed by atoms with Gasteiger partial charge in [-0.05, 0) is 19.5 Å². The molecule has 0 radical (unpaired) electrons.